The molecule has 0 radical (unpaired) electrons. The Morgan fingerprint density at radius 3 is 0.963 bits per heavy atom. The highest BCUT2D eigenvalue weighted by molar-refractivity contribution is 5.95. The van der Waals surface area contributed by atoms with Crippen molar-refractivity contribution in [1.82, 2.24) is 51.8 Å². The predicted molar refractivity (Wildman–Crippen MR) is 211 cm³/mol. The number of rotatable bonds is 3. The van der Waals surface area contributed by atoms with Crippen molar-refractivity contribution in [2.45, 2.75) is 0 Å². The lowest BCUT2D eigenvalue weighted by Crippen LogP contribution is -2.11. The Morgan fingerprint density at radius 2 is 0.574 bits per heavy atom. The number of aromatic nitrogens is 11. The number of imidazole rings is 6. The van der Waals surface area contributed by atoms with Gasteiger partial charge in [0.1, 0.15) is 11.6 Å². The van der Waals surface area contributed by atoms with Gasteiger partial charge in [-0.2, -0.15) is 9.97 Å². The molecule has 0 saturated carbocycles. The average molecular weight is 696 g/mol. The Kier molecular flexibility index (Phi) is 5.14. The van der Waals surface area contributed by atoms with Gasteiger partial charge in [0.2, 0.25) is 23.3 Å². The molecule has 7 heterocycles. The van der Waals surface area contributed by atoms with Crippen molar-refractivity contribution in [3.05, 3.63) is 152 Å². The van der Waals surface area contributed by atoms with E-state index in [0.717, 1.165) is 83.5 Å². The summed E-state index contributed by atoms with van der Waals surface area (Å²) in [7, 11) is 0. The molecule has 0 amide bonds. The molecule has 0 saturated heterocycles. The third-order valence-corrected chi connectivity index (χ3v) is 10.7. The van der Waals surface area contributed by atoms with Gasteiger partial charge in [-0.1, -0.05) is 72.8 Å². The number of para-hydroxylation sites is 12. The SMILES string of the molecule is c1ccc2c(c1)nc1n(-c3cc(-n4c5ccccc5n5c6ccccc6nc45)nc(-n4c5ccccc5n5c6ccccc6nc45)n3)c3ccccc3n21. The van der Waals surface area contributed by atoms with Crippen LogP contribution in [-0.2, 0) is 0 Å². The van der Waals surface area contributed by atoms with Gasteiger partial charge < -0.3 is 0 Å². The van der Waals surface area contributed by atoms with Gasteiger partial charge in [0.05, 0.1) is 66.2 Å². The van der Waals surface area contributed by atoms with Crippen LogP contribution in [-0.4, -0.2) is 51.8 Å². The molecule has 7 aromatic heterocycles. The molecule has 11 heteroatoms. The van der Waals surface area contributed by atoms with Crippen LogP contribution in [0.4, 0.5) is 0 Å². The molecular formula is C43H25N11. The molecule has 0 unspecified atom stereocenters. The van der Waals surface area contributed by atoms with Crippen molar-refractivity contribution in [3.63, 3.8) is 0 Å². The first-order valence-electron chi connectivity index (χ1n) is 17.8. The summed E-state index contributed by atoms with van der Waals surface area (Å²) in [4.78, 5) is 26.4. The third kappa shape index (κ3) is 3.47. The lowest BCUT2D eigenvalue weighted by atomic mass is 10.3. The van der Waals surface area contributed by atoms with Gasteiger partial charge in [-0.3, -0.25) is 22.3 Å². The van der Waals surface area contributed by atoms with E-state index in [1.807, 2.05) is 42.5 Å². The molecule has 0 bridgehead atoms. The second kappa shape index (κ2) is 9.96. The molecule has 0 atom stereocenters. The maximum absolute atomic E-state index is 5.44. The Bertz CT molecular complexity index is 3300. The molecule has 6 aromatic carbocycles. The highest BCUT2D eigenvalue weighted by Crippen LogP contribution is 2.34. The van der Waals surface area contributed by atoms with Crippen molar-refractivity contribution < 1.29 is 0 Å². The Morgan fingerprint density at radius 1 is 0.278 bits per heavy atom. The fraction of sp³-hybridized carbons (Fsp3) is 0. The zero-order chi connectivity index (χ0) is 35.1. The molecule has 11 nitrogen and oxygen atoms in total. The van der Waals surface area contributed by atoms with E-state index in [0.29, 0.717) is 17.6 Å². The van der Waals surface area contributed by atoms with Crippen LogP contribution in [0.1, 0.15) is 0 Å². The van der Waals surface area contributed by atoms with Gasteiger partial charge in [0, 0.05) is 6.07 Å². The third-order valence-electron chi connectivity index (χ3n) is 10.7. The summed E-state index contributed by atoms with van der Waals surface area (Å²) in [5, 5.41) is 0. The van der Waals surface area contributed by atoms with Gasteiger partial charge >= 0.3 is 0 Å². The summed E-state index contributed by atoms with van der Waals surface area (Å²) in [5.41, 5.74) is 11.8. The van der Waals surface area contributed by atoms with Gasteiger partial charge in [-0.05, 0) is 72.8 Å². The highest BCUT2D eigenvalue weighted by Gasteiger charge is 2.25. The smallest absolute Gasteiger partial charge is 0.241 e. The highest BCUT2D eigenvalue weighted by atomic mass is 15.3. The van der Waals surface area contributed by atoms with Crippen LogP contribution < -0.4 is 0 Å². The molecule has 13 rings (SSSR count). The number of hydrogen-bond donors (Lipinski definition) is 0. The molecule has 13 aromatic rings. The first-order chi connectivity index (χ1) is 26.8. The number of benzene rings is 6. The molecule has 0 aliphatic rings. The van der Waals surface area contributed by atoms with Crippen LogP contribution in [0.2, 0.25) is 0 Å². The monoisotopic (exact) mass is 695 g/mol. The summed E-state index contributed by atoms with van der Waals surface area (Å²) in [6.07, 6.45) is 0. The lowest BCUT2D eigenvalue weighted by molar-refractivity contribution is 0.898. The van der Waals surface area contributed by atoms with Crippen LogP contribution in [0.25, 0.3) is 101 Å². The van der Waals surface area contributed by atoms with Crippen LogP contribution in [0.5, 0.6) is 0 Å². The van der Waals surface area contributed by atoms with Crippen LogP contribution >= 0.6 is 0 Å². The number of fused-ring (bicyclic) bond motifs is 15. The van der Waals surface area contributed by atoms with Gasteiger partial charge in [0.25, 0.3) is 0 Å². The quantitative estimate of drug-likeness (QED) is 0.184. The predicted octanol–water partition coefficient (Wildman–Crippen LogP) is 8.71. The zero-order valence-electron chi connectivity index (χ0n) is 28.4. The average Bonchev–Trinajstić information content (AvgIpc) is 4.04. The first-order valence-corrected chi connectivity index (χ1v) is 17.8. The normalized spacial score (nSPS) is 12.4. The first kappa shape index (κ1) is 27.9. The second-order valence-electron chi connectivity index (χ2n) is 13.6. The molecule has 54 heavy (non-hydrogen) atoms. The molecular weight excluding hydrogens is 671 g/mol. The van der Waals surface area contributed by atoms with E-state index in [2.05, 4.69) is 136 Å². The van der Waals surface area contributed by atoms with Crippen molar-refractivity contribution in [3.8, 4) is 17.6 Å². The standard InChI is InChI=1S/C43H25N11/c1-4-16-29-26(13-1)44-41-49(29)32-19-7-10-22-35(32)52(41)38-25-39(53-36-23-11-8-20-33(36)50-30-17-5-2-14-27(30)45-42(50)53)48-40(47-38)54-37-24-12-9-21-34(37)51-31-18-6-3-15-28(31)46-43(51)54/h1-25H. The largest absolute Gasteiger partial charge is 0.276 e. The Labute approximate surface area is 303 Å². The van der Waals surface area contributed by atoms with Crippen LogP contribution in [0.15, 0.2) is 152 Å². The molecule has 0 aliphatic heterocycles. The topological polar surface area (TPSA) is 92.5 Å². The minimum absolute atomic E-state index is 0.475. The van der Waals surface area contributed by atoms with E-state index in [-0.39, 0.29) is 0 Å². The van der Waals surface area contributed by atoms with Crippen molar-refractivity contribution in [1.29, 1.82) is 0 Å². The fourth-order valence-corrected chi connectivity index (χ4v) is 8.44. The van der Waals surface area contributed by atoms with Crippen molar-refractivity contribution in [2.75, 3.05) is 0 Å². The maximum Gasteiger partial charge on any atom is 0.241 e. The second-order valence-corrected chi connectivity index (χ2v) is 13.6. The van der Waals surface area contributed by atoms with E-state index >= 15 is 0 Å². The summed E-state index contributed by atoms with van der Waals surface area (Å²) >= 11 is 0. The van der Waals surface area contributed by atoms with E-state index in [9.17, 15) is 0 Å². The summed E-state index contributed by atoms with van der Waals surface area (Å²) in [6.45, 7) is 0. The van der Waals surface area contributed by atoms with E-state index in [4.69, 9.17) is 24.9 Å². The minimum atomic E-state index is 0.475. The van der Waals surface area contributed by atoms with E-state index in [1.54, 1.807) is 0 Å². The van der Waals surface area contributed by atoms with Crippen molar-refractivity contribution in [2.24, 2.45) is 0 Å². The zero-order valence-corrected chi connectivity index (χ0v) is 28.4. The van der Waals surface area contributed by atoms with E-state index in [1.165, 1.54) is 0 Å². The van der Waals surface area contributed by atoms with Crippen LogP contribution in [0, 0.1) is 0 Å². The lowest BCUT2D eigenvalue weighted by Gasteiger charge is -2.12. The number of hydrogen-bond acceptors (Lipinski definition) is 5. The van der Waals surface area contributed by atoms with Gasteiger partial charge in [-0.25, -0.2) is 19.5 Å². The fourth-order valence-electron chi connectivity index (χ4n) is 8.44. The molecule has 0 fully saturated rings. The minimum Gasteiger partial charge on any atom is -0.276 e. The molecule has 0 spiro atoms. The van der Waals surface area contributed by atoms with Crippen LogP contribution in [0.3, 0.4) is 0 Å². The van der Waals surface area contributed by atoms with Gasteiger partial charge in [-0.15, -0.1) is 0 Å². The maximum atomic E-state index is 5.44. The number of nitrogens with zero attached hydrogens (tertiary/aromatic N) is 11. The molecule has 0 aliphatic carbocycles. The van der Waals surface area contributed by atoms with Crippen molar-refractivity contribution >= 4 is 83.5 Å². The Balaban J connectivity index is 1.22. The summed E-state index contributed by atoms with van der Waals surface area (Å²) in [5.74, 6) is 4.05. The molecule has 0 N–H and O–H groups in total. The Hall–Kier alpha value is -7.79. The molecule has 252 valence electrons. The summed E-state index contributed by atoms with van der Waals surface area (Å²) in [6, 6.07) is 51.8. The van der Waals surface area contributed by atoms with E-state index < -0.39 is 0 Å². The van der Waals surface area contributed by atoms with Gasteiger partial charge in [0.15, 0.2) is 0 Å². The summed E-state index contributed by atoms with van der Waals surface area (Å²) < 4.78 is 13.0.